The van der Waals surface area contributed by atoms with Crippen LogP contribution in [0, 0.1) is 0 Å². The van der Waals surface area contributed by atoms with Gasteiger partial charge >= 0.3 is 11.9 Å². The van der Waals surface area contributed by atoms with Crippen LogP contribution in [0.4, 0.5) is 5.82 Å². The molecule has 0 spiro atoms. The van der Waals surface area contributed by atoms with Crippen molar-refractivity contribution < 1.29 is 28.6 Å². The minimum Gasteiger partial charge on any atom is -0.463 e. The highest BCUT2D eigenvalue weighted by Gasteiger charge is 2.19. The Labute approximate surface area is 157 Å². The summed E-state index contributed by atoms with van der Waals surface area (Å²) in [4.78, 5) is 45.7. The molecule has 0 aliphatic rings. The molecule has 0 radical (unpaired) electrons. The number of carbonyl (C=O) groups excluding carboxylic acids is 3. The number of nitrogens with two attached hydrogens (primary N) is 2. The SMILES string of the molecule is CC(=O)OCC(COC(C)=O)OCn1nnc2c(N)nn(CC(N)=O)c2c1=O. The van der Waals surface area contributed by atoms with Gasteiger partial charge in [0.25, 0.3) is 5.56 Å². The van der Waals surface area contributed by atoms with Crippen molar-refractivity contribution in [3.63, 3.8) is 0 Å². The maximum atomic E-state index is 12.6. The van der Waals surface area contributed by atoms with Gasteiger partial charge in [0, 0.05) is 13.8 Å². The number of hydrogen-bond donors (Lipinski definition) is 2. The van der Waals surface area contributed by atoms with Crippen LogP contribution in [0.3, 0.4) is 0 Å². The van der Waals surface area contributed by atoms with Gasteiger partial charge in [-0.1, -0.05) is 5.21 Å². The fraction of sp³-hybridized carbons (Fsp3) is 0.500. The molecule has 0 bridgehead atoms. The minimum atomic E-state index is -0.849. The topological polar surface area (TPSA) is 197 Å². The number of nitrogen functional groups attached to an aromatic ring is 1. The number of nitrogens with zero attached hydrogens (tertiary/aromatic N) is 5. The molecule has 0 aromatic carbocycles. The summed E-state index contributed by atoms with van der Waals surface area (Å²) in [5, 5.41) is 11.3. The van der Waals surface area contributed by atoms with E-state index in [-0.39, 0.29) is 36.6 Å². The van der Waals surface area contributed by atoms with Crippen molar-refractivity contribution in [2.24, 2.45) is 5.73 Å². The van der Waals surface area contributed by atoms with Crippen LogP contribution in [-0.2, 0) is 41.9 Å². The zero-order chi connectivity index (χ0) is 20.8. The van der Waals surface area contributed by atoms with Gasteiger partial charge in [-0.15, -0.1) is 5.10 Å². The summed E-state index contributed by atoms with van der Waals surface area (Å²) in [7, 11) is 0. The minimum absolute atomic E-state index is 0.0128. The maximum Gasteiger partial charge on any atom is 0.302 e. The van der Waals surface area contributed by atoms with Crippen LogP contribution in [0.1, 0.15) is 13.8 Å². The van der Waals surface area contributed by atoms with E-state index in [1.54, 1.807) is 0 Å². The molecule has 0 aliphatic carbocycles. The first-order valence-corrected chi connectivity index (χ1v) is 7.95. The van der Waals surface area contributed by atoms with Crippen LogP contribution >= 0.6 is 0 Å². The summed E-state index contributed by atoms with van der Waals surface area (Å²) in [5.41, 5.74) is 10.1. The molecule has 0 aliphatic heterocycles. The quantitative estimate of drug-likeness (QED) is 0.425. The molecule has 14 heteroatoms. The summed E-state index contributed by atoms with van der Waals surface area (Å²) in [5.74, 6) is -1.93. The maximum absolute atomic E-state index is 12.6. The van der Waals surface area contributed by atoms with E-state index in [0.717, 1.165) is 9.36 Å². The number of carbonyl (C=O) groups is 3. The van der Waals surface area contributed by atoms with Crippen LogP contribution in [0.5, 0.6) is 0 Å². The summed E-state index contributed by atoms with van der Waals surface area (Å²) in [6.45, 7) is 1.21. The molecule has 0 unspecified atom stereocenters. The molecule has 2 aromatic rings. The van der Waals surface area contributed by atoms with Crippen LogP contribution in [-0.4, -0.2) is 61.9 Å². The lowest BCUT2D eigenvalue weighted by molar-refractivity contribution is -0.155. The lowest BCUT2D eigenvalue weighted by Gasteiger charge is -2.17. The first-order chi connectivity index (χ1) is 13.2. The third kappa shape index (κ3) is 5.23. The van der Waals surface area contributed by atoms with E-state index in [2.05, 4.69) is 15.4 Å². The van der Waals surface area contributed by atoms with E-state index in [0.29, 0.717) is 0 Å². The van der Waals surface area contributed by atoms with E-state index in [1.165, 1.54) is 13.8 Å². The average molecular weight is 397 g/mol. The van der Waals surface area contributed by atoms with Crippen molar-refractivity contribution >= 4 is 34.7 Å². The Balaban J connectivity index is 2.22. The van der Waals surface area contributed by atoms with Gasteiger partial charge < -0.3 is 25.7 Å². The van der Waals surface area contributed by atoms with Crippen LogP contribution in [0.2, 0.25) is 0 Å². The van der Waals surface area contributed by atoms with Gasteiger partial charge in [-0.25, -0.2) is 4.68 Å². The largest absolute Gasteiger partial charge is 0.463 e. The predicted molar refractivity (Wildman–Crippen MR) is 91.3 cm³/mol. The third-order valence-electron chi connectivity index (χ3n) is 3.33. The Hall–Kier alpha value is -3.55. The number of fused-ring (bicyclic) bond motifs is 1. The smallest absolute Gasteiger partial charge is 0.302 e. The summed E-state index contributed by atoms with van der Waals surface area (Å²) >= 11 is 0. The molecule has 152 valence electrons. The summed E-state index contributed by atoms with van der Waals surface area (Å²) in [6, 6.07) is 0. The number of aromatic nitrogens is 5. The molecule has 14 nitrogen and oxygen atoms in total. The van der Waals surface area contributed by atoms with Crippen LogP contribution in [0.25, 0.3) is 11.0 Å². The second-order valence-electron chi connectivity index (χ2n) is 5.62. The highest BCUT2D eigenvalue weighted by Crippen LogP contribution is 2.13. The van der Waals surface area contributed by atoms with Gasteiger partial charge in [0.15, 0.2) is 16.9 Å². The summed E-state index contributed by atoms with van der Waals surface area (Å²) < 4.78 is 17.0. The second kappa shape index (κ2) is 8.90. The van der Waals surface area contributed by atoms with E-state index in [1.807, 2.05) is 0 Å². The van der Waals surface area contributed by atoms with Crippen molar-refractivity contribution in [3.05, 3.63) is 10.4 Å². The van der Waals surface area contributed by atoms with Crippen molar-refractivity contribution in [1.29, 1.82) is 0 Å². The second-order valence-corrected chi connectivity index (χ2v) is 5.62. The molecule has 0 saturated heterocycles. The lowest BCUT2D eigenvalue weighted by atomic mass is 10.4. The molecule has 2 aromatic heterocycles. The monoisotopic (exact) mass is 397 g/mol. The molecule has 28 heavy (non-hydrogen) atoms. The van der Waals surface area contributed by atoms with Gasteiger partial charge in [0.05, 0.1) is 0 Å². The number of anilines is 1. The van der Waals surface area contributed by atoms with Crippen molar-refractivity contribution in [2.75, 3.05) is 18.9 Å². The number of primary amides is 1. The van der Waals surface area contributed by atoms with E-state index in [9.17, 15) is 19.2 Å². The number of ether oxygens (including phenoxy) is 3. The first kappa shape index (κ1) is 20.8. The molecular formula is C14H19N7O7. The van der Waals surface area contributed by atoms with Gasteiger partial charge in [-0.3, -0.25) is 19.2 Å². The van der Waals surface area contributed by atoms with Crippen molar-refractivity contribution in [1.82, 2.24) is 24.8 Å². The Morgan fingerprint density at radius 1 is 1.11 bits per heavy atom. The molecule has 0 fully saturated rings. The predicted octanol–water partition coefficient (Wildman–Crippen LogP) is -2.48. The van der Waals surface area contributed by atoms with Gasteiger partial charge in [0.2, 0.25) is 5.91 Å². The highest BCUT2D eigenvalue weighted by atomic mass is 16.6. The fourth-order valence-corrected chi connectivity index (χ4v) is 2.13. The molecular weight excluding hydrogens is 378 g/mol. The van der Waals surface area contributed by atoms with E-state index >= 15 is 0 Å². The van der Waals surface area contributed by atoms with E-state index < -0.39 is 36.2 Å². The normalized spacial score (nSPS) is 11.0. The number of rotatable bonds is 9. The molecule has 0 saturated carbocycles. The fourth-order valence-electron chi connectivity index (χ4n) is 2.13. The van der Waals surface area contributed by atoms with Crippen LogP contribution < -0.4 is 17.0 Å². The van der Waals surface area contributed by atoms with Crippen LogP contribution in [0.15, 0.2) is 4.79 Å². The number of amides is 1. The van der Waals surface area contributed by atoms with Gasteiger partial charge in [0.1, 0.15) is 32.6 Å². The van der Waals surface area contributed by atoms with Crippen molar-refractivity contribution in [3.8, 4) is 0 Å². The number of esters is 2. The Bertz CT molecular complexity index is 933. The molecule has 2 rings (SSSR count). The Kier molecular flexibility index (Phi) is 6.59. The number of hydrogen-bond acceptors (Lipinski definition) is 11. The molecule has 1 amide bonds. The van der Waals surface area contributed by atoms with E-state index in [4.69, 9.17) is 25.7 Å². The highest BCUT2D eigenvalue weighted by molar-refractivity contribution is 5.85. The molecule has 0 atom stereocenters. The zero-order valence-electron chi connectivity index (χ0n) is 15.2. The Morgan fingerprint density at radius 3 is 2.25 bits per heavy atom. The Morgan fingerprint density at radius 2 is 1.71 bits per heavy atom. The first-order valence-electron chi connectivity index (χ1n) is 7.95. The van der Waals surface area contributed by atoms with Crippen molar-refractivity contribution in [2.45, 2.75) is 33.2 Å². The zero-order valence-corrected chi connectivity index (χ0v) is 15.2. The molecule has 4 N–H and O–H groups in total. The molecule has 2 heterocycles. The summed E-state index contributed by atoms with van der Waals surface area (Å²) in [6.07, 6.45) is -0.849. The third-order valence-corrected chi connectivity index (χ3v) is 3.33. The van der Waals surface area contributed by atoms with Gasteiger partial charge in [-0.2, -0.15) is 9.78 Å². The van der Waals surface area contributed by atoms with Gasteiger partial charge in [-0.05, 0) is 0 Å². The standard InChI is InChI=1S/C14H19N7O7/c1-7(22)26-4-9(5-27-8(2)23)28-6-21-14(25)12-11(17-19-21)13(16)18-20(12)3-10(15)24/h9H,3-6H2,1-2H3,(H2,15,24)(H2,16,18). The average Bonchev–Trinajstić information content (AvgIpc) is 2.91. The lowest BCUT2D eigenvalue weighted by Crippen LogP contribution is -2.33.